The number of anilines is 1. The minimum absolute atomic E-state index is 0.0818. The zero-order valence-electron chi connectivity index (χ0n) is 12.7. The Morgan fingerprint density at radius 1 is 1.35 bits per heavy atom. The molecule has 23 heavy (non-hydrogen) atoms. The molecule has 1 N–H and O–H groups in total. The minimum Gasteiger partial charge on any atom is -0.331 e. The number of carbonyl (C=O) groups is 2. The van der Waals surface area contributed by atoms with E-state index in [9.17, 15) is 9.59 Å². The van der Waals surface area contributed by atoms with Crippen LogP contribution in [-0.2, 0) is 16.0 Å². The van der Waals surface area contributed by atoms with Crippen LogP contribution < -0.4 is 5.32 Å². The number of aromatic nitrogens is 1. The van der Waals surface area contributed by atoms with Gasteiger partial charge in [-0.1, -0.05) is 6.07 Å². The molecule has 2 aromatic rings. The maximum atomic E-state index is 12.4. The molecule has 0 bridgehead atoms. The van der Waals surface area contributed by atoms with Gasteiger partial charge in [-0.2, -0.15) is 0 Å². The van der Waals surface area contributed by atoms with E-state index in [4.69, 9.17) is 0 Å². The Morgan fingerprint density at radius 2 is 2.26 bits per heavy atom. The fourth-order valence-corrected chi connectivity index (χ4v) is 4.11. The molecule has 1 fully saturated rings. The summed E-state index contributed by atoms with van der Waals surface area (Å²) in [4.78, 5) is 31.9. The number of thiazole rings is 1. The molecule has 5 nitrogen and oxygen atoms in total. The van der Waals surface area contributed by atoms with Crippen LogP contribution in [0.3, 0.4) is 0 Å². The number of aryl methyl sites for hydroxylation is 1. The summed E-state index contributed by atoms with van der Waals surface area (Å²) in [6.45, 7) is 0.674. The Kier molecular flexibility index (Phi) is 5.40. The summed E-state index contributed by atoms with van der Waals surface area (Å²) in [6, 6.07) is 3.77. The molecule has 0 aliphatic carbocycles. The lowest BCUT2D eigenvalue weighted by molar-refractivity contribution is -0.136. The third-order valence-corrected chi connectivity index (χ3v) is 5.56. The van der Waals surface area contributed by atoms with Crippen molar-refractivity contribution in [3.63, 3.8) is 0 Å². The normalized spacial score (nSPS) is 17.4. The SMILES string of the molecule is O=C(Nc1nccs1)C1CCCN1C(=O)CCCc1cccs1. The predicted octanol–water partition coefficient (Wildman–Crippen LogP) is 3.16. The fraction of sp³-hybridized carbons (Fsp3) is 0.438. The molecule has 3 rings (SSSR count). The van der Waals surface area contributed by atoms with Gasteiger partial charge in [0.2, 0.25) is 11.8 Å². The van der Waals surface area contributed by atoms with E-state index in [1.165, 1.54) is 16.2 Å². The molecule has 1 saturated heterocycles. The Labute approximate surface area is 143 Å². The van der Waals surface area contributed by atoms with E-state index in [0.717, 1.165) is 25.7 Å². The second-order valence-electron chi connectivity index (χ2n) is 5.50. The zero-order chi connectivity index (χ0) is 16.1. The third kappa shape index (κ3) is 4.17. The van der Waals surface area contributed by atoms with Crippen LogP contribution in [0, 0.1) is 0 Å². The lowest BCUT2D eigenvalue weighted by Gasteiger charge is -2.23. The smallest absolute Gasteiger partial charge is 0.248 e. The number of likely N-dealkylation sites (tertiary alicyclic amines) is 1. The first-order chi connectivity index (χ1) is 11.2. The van der Waals surface area contributed by atoms with Crippen molar-refractivity contribution in [3.8, 4) is 0 Å². The summed E-state index contributed by atoms with van der Waals surface area (Å²) in [5.41, 5.74) is 0. The highest BCUT2D eigenvalue weighted by Gasteiger charge is 2.33. The van der Waals surface area contributed by atoms with Crippen molar-refractivity contribution in [1.29, 1.82) is 0 Å². The molecule has 3 heterocycles. The molecule has 2 amide bonds. The summed E-state index contributed by atoms with van der Waals surface area (Å²) >= 11 is 3.11. The molecule has 1 aliphatic rings. The van der Waals surface area contributed by atoms with E-state index in [2.05, 4.69) is 21.7 Å². The van der Waals surface area contributed by atoms with Gasteiger partial charge in [-0.25, -0.2) is 4.98 Å². The Hall–Kier alpha value is -1.73. The van der Waals surface area contributed by atoms with Gasteiger partial charge in [0.1, 0.15) is 6.04 Å². The van der Waals surface area contributed by atoms with Gasteiger partial charge in [-0.05, 0) is 37.1 Å². The third-order valence-electron chi connectivity index (χ3n) is 3.93. The van der Waals surface area contributed by atoms with E-state index < -0.39 is 0 Å². The van der Waals surface area contributed by atoms with Gasteiger partial charge in [-0.3, -0.25) is 9.59 Å². The summed E-state index contributed by atoms with van der Waals surface area (Å²) in [7, 11) is 0. The Bertz CT molecular complexity index is 640. The standard InChI is InChI=1S/C16H19N3O2S2/c20-14(7-1-4-12-5-3-10-22-12)19-9-2-6-13(19)15(21)18-16-17-8-11-23-16/h3,5,8,10-11,13H,1-2,4,6-7,9H2,(H,17,18,21). The molecule has 7 heteroatoms. The molecule has 1 unspecified atom stereocenters. The van der Waals surface area contributed by atoms with Crippen molar-refractivity contribution >= 4 is 39.6 Å². The molecule has 122 valence electrons. The van der Waals surface area contributed by atoms with Crippen LogP contribution in [0.15, 0.2) is 29.1 Å². The van der Waals surface area contributed by atoms with Crippen molar-refractivity contribution < 1.29 is 9.59 Å². The van der Waals surface area contributed by atoms with Crippen molar-refractivity contribution in [2.45, 2.75) is 38.1 Å². The number of rotatable bonds is 6. The number of thiophene rings is 1. The maximum absolute atomic E-state index is 12.4. The van der Waals surface area contributed by atoms with Gasteiger partial charge in [0.05, 0.1) is 0 Å². The molecule has 1 aliphatic heterocycles. The molecule has 0 radical (unpaired) electrons. The largest absolute Gasteiger partial charge is 0.331 e. The first kappa shape index (κ1) is 16.1. The highest BCUT2D eigenvalue weighted by atomic mass is 32.1. The second kappa shape index (κ2) is 7.70. The number of hydrogen-bond donors (Lipinski definition) is 1. The van der Waals surface area contributed by atoms with Crippen LogP contribution in [0.5, 0.6) is 0 Å². The Morgan fingerprint density at radius 3 is 3.00 bits per heavy atom. The average molecular weight is 349 g/mol. The second-order valence-corrected chi connectivity index (χ2v) is 7.43. The molecular weight excluding hydrogens is 330 g/mol. The van der Waals surface area contributed by atoms with Crippen LogP contribution >= 0.6 is 22.7 Å². The number of nitrogens with zero attached hydrogens (tertiary/aromatic N) is 2. The highest BCUT2D eigenvalue weighted by molar-refractivity contribution is 7.13. The van der Waals surface area contributed by atoms with Gasteiger partial charge >= 0.3 is 0 Å². The summed E-state index contributed by atoms with van der Waals surface area (Å²) in [5.74, 6) is -0.0394. The van der Waals surface area contributed by atoms with Crippen molar-refractivity contribution in [3.05, 3.63) is 34.0 Å². The van der Waals surface area contributed by atoms with E-state index >= 15 is 0 Å². The maximum Gasteiger partial charge on any atom is 0.248 e. The van der Waals surface area contributed by atoms with Gasteiger partial charge < -0.3 is 10.2 Å². The predicted molar refractivity (Wildman–Crippen MR) is 92.7 cm³/mol. The van der Waals surface area contributed by atoms with E-state index in [1.807, 2.05) is 11.4 Å². The number of nitrogens with one attached hydrogen (secondary N) is 1. The zero-order valence-corrected chi connectivity index (χ0v) is 14.4. The van der Waals surface area contributed by atoms with Crippen molar-refractivity contribution in [1.82, 2.24) is 9.88 Å². The van der Waals surface area contributed by atoms with Gasteiger partial charge in [-0.15, -0.1) is 22.7 Å². The number of carbonyl (C=O) groups excluding carboxylic acids is 2. The summed E-state index contributed by atoms with van der Waals surface area (Å²) in [5, 5.41) is 7.26. The molecular formula is C16H19N3O2S2. The molecule has 0 aromatic carbocycles. The summed E-state index contributed by atoms with van der Waals surface area (Å²) in [6.07, 6.45) is 5.52. The Balaban J connectivity index is 1.51. The van der Waals surface area contributed by atoms with E-state index in [1.54, 1.807) is 22.4 Å². The van der Waals surface area contributed by atoms with Crippen molar-refractivity contribution in [2.75, 3.05) is 11.9 Å². The first-order valence-electron chi connectivity index (χ1n) is 7.76. The first-order valence-corrected chi connectivity index (χ1v) is 9.52. The van der Waals surface area contributed by atoms with Gasteiger partial charge in [0, 0.05) is 29.4 Å². The van der Waals surface area contributed by atoms with E-state index in [-0.39, 0.29) is 17.9 Å². The molecule has 0 spiro atoms. The average Bonchev–Trinajstić information content (AvgIpc) is 3.29. The topological polar surface area (TPSA) is 62.3 Å². The van der Waals surface area contributed by atoms with Crippen LogP contribution in [-0.4, -0.2) is 34.3 Å². The van der Waals surface area contributed by atoms with Crippen LogP contribution in [0.25, 0.3) is 0 Å². The highest BCUT2D eigenvalue weighted by Crippen LogP contribution is 2.22. The lowest BCUT2D eigenvalue weighted by Crippen LogP contribution is -2.43. The quantitative estimate of drug-likeness (QED) is 0.871. The molecule has 0 saturated carbocycles. The lowest BCUT2D eigenvalue weighted by atomic mass is 10.1. The number of amides is 2. The fourth-order valence-electron chi connectivity index (χ4n) is 2.82. The molecule has 1 atom stereocenters. The van der Waals surface area contributed by atoms with Gasteiger partial charge in [0.15, 0.2) is 5.13 Å². The van der Waals surface area contributed by atoms with Gasteiger partial charge in [0.25, 0.3) is 0 Å². The molecule has 2 aromatic heterocycles. The number of hydrogen-bond acceptors (Lipinski definition) is 5. The van der Waals surface area contributed by atoms with Crippen LogP contribution in [0.4, 0.5) is 5.13 Å². The van der Waals surface area contributed by atoms with Crippen LogP contribution in [0.1, 0.15) is 30.6 Å². The summed E-state index contributed by atoms with van der Waals surface area (Å²) < 4.78 is 0. The monoisotopic (exact) mass is 349 g/mol. The van der Waals surface area contributed by atoms with E-state index in [0.29, 0.717) is 18.1 Å². The minimum atomic E-state index is -0.354. The van der Waals surface area contributed by atoms with Crippen molar-refractivity contribution in [2.24, 2.45) is 0 Å². The van der Waals surface area contributed by atoms with Crippen LogP contribution in [0.2, 0.25) is 0 Å².